The Hall–Kier alpha value is -3.19. The van der Waals surface area contributed by atoms with E-state index in [-0.39, 0.29) is 5.78 Å². The molecule has 0 aromatic heterocycles. The predicted octanol–water partition coefficient (Wildman–Crippen LogP) is 6.40. The maximum atomic E-state index is 12.1. The van der Waals surface area contributed by atoms with E-state index in [1.807, 2.05) is 43.3 Å². The van der Waals surface area contributed by atoms with E-state index in [4.69, 9.17) is 0 Å². The van der Waals surface area contributed by atoms with Gasteiger partial charge < -0.3 is 0 Å². The number of hydrogen-bond acceptors (Lipinski definition) is 1. The number of aryl methyl sites for hydroxylation is 2. The van der Waals surface area contributed by atoms with Gasteiger partial charge in [0.1, 0.15) is 0 Å². The molecule has 0 spiro atoms. The number of carbonyl (C=O) groups excluding carboxylic acids is 1. The highest BCUT2D eigenvalue weighted by Gasteiger charge is 2.00. The first-order valence-corrected chi connectivity index (χ1v) is 9.23. The lowest BCUT2D eigenvalue weighted by atomic mass is 10.0. The maximum absolute atomic E-state index is 12.1. The minimum atomic E-state index is 0.0258. The van der Waals surface area contributed by atoms with Crippen molar-refractivity contribution in [2.24, 2.45) is 0 Å². The zero-order valence-corrected chi connectivity index (χ0v) is 15.7. The van der Waals surface area contributed by atoms with E-state index < -0.39 is 0 Å². The van der Waals surface area contributed by atoms with E-state index in [0.717, 1.165) is 24.0 Å². The monoisotopic (exact) mass is 352 g/mol. The maximum Gasteiger partial charge on any atom is 0.185 e. The molecule has 0 aliphatic heterocycles. The SMILES string of the molecule is C=C(C)c1ccc(CCc2ccc(C=CC(=O)c3ccccc3)cc2)cc1. The van der Waals surface area contributed by atoms with Gasteiger partial charge in [0.15, 0.2) is 5.78 Å². The molecule has 27 heavy (non-hydrogen) atoms. The van der Waals surface area contributed by atoms with Crippen molar-refractivity contribution in [2.45, 2.75) is 19.8 Å². The van der Waals surface area contributed by atoms with Gasteiger partial charge in [-0.15, -0.1) is 0 Å². The van der Waals surface area contributed by atoms with Gasteiger partial charge in [0.2, 0.25) is 0 Å². The molecule has 0 radical (unpaired) electrons. The van der Waals surface area contributed by atoms with Crippen LogP contribution in [0.5, 0.6) is 0 Å². The van der Waals surface area contributed by atoms with Gasteiger partial charge in [-0.05, 0) is 48.1 Å². The summed E-state index contributed by atoms with van der Waals surface area (Å²) in [6.45, 7) is 6.00. The summed E-state index contributed by atoms with van der Waals surface area (Å²) in [7, 11) is 0. The molecule has 0 fully saturated rings. The number of carbonyl (C=O) groups is 1. The lowest BCUT2D eigenvalue weighted by Gasteiger charge is -2.05. The van der Waals surface area contributed by atoms with Crippen LogP contribution in [-0.2, 0) is 12.8 Å². The number of benzene rings is 3. The summed E-state index contributed by atoms with van der Waals surface area (Å²) in [5.74, 6) is 0.0258. The molecule has 0 aliphatic carbocycles. The fraction of sp³-hybridized carbons (Fsp3) is 0.115. The van der Waals surface area contributed by atoms with E-state index in [9.17, 15) is 4.79 Å². The number of hydrogen-bond donors (Lipinski definition) is 0. The summed E-state index contributed by atoms with van der Waals surface area (Å²) in [5.41, 5.74) is 6.66. The molecule has 0 saturated carbocycles. The molecule has 1 nitrogen and oxygen atoms in total. The van der Waals surface area contributed by atoms with Gasteiger partial charge >= 0.3 is 0 Å². The molecular weight excluding hydrogens is 328 g/mol. The Bertz CT molecular complexity index is 930. The van der Waals surface area contributed by atoms with Gasteiger partial charge in [0, 0.05) is 5.56 Å². The van der Waals surface area contributed by atoms with Crippen molar-refractivity contribution in [3.63, 3.8) is 0 Å². The van der Waals surface area contributed by atoms with Crippen molar-refractivity contribution < 1.29 is 4.79 Å². The van der Waals surface area contributed by atoms with Crippen LogP contribution in [0.25, 0.3) is 11.6 Å². The molecule has 0 saturated heterocycles. The molecule has 3 aromatic rings. The van der Waals surface area contributed by atoms with Crippen molar-refractivity contribution in [2.75, 3.05) is 0 Å². The highest BCUT2D eigenvalue weighted by Crippen LogP contribution is 2.15. The zero-order chi connectivity index (χ0) is 19.1. The van der Waals surface area contributed by atoms with Crippen molar-refractivity contribution in [3.8, 4) is 0 Å². The molecule has 3 aromatic carbocycles. The van der Waals surface area contributed by atoms with Gasteiger partial charge in [-0.3, -0.25) is 4.79 Å². The van der Waals surface area contributed by atoms with Crippen LogP contribution in [0.3, 0.4) is 0 Å². The van der Waals surface area contributed by atoms with E-state index >= 15 is 0 Å². The number of ketones is 1. The third kappa shape index (κ3) is 5.39. The van der Waals surface area contributed by atoms with E-state index in [1.54, 1.807) is 6.08 Å². The average molecular weight is 352 g/mol. The largest absolute Gasteiger partial charge is 0.289 e. The first-order valence-electron chi connectivity index (χ1n) is 9.23. The van der Waals surface area contributed by atoms with Crippen LogP contribution >= 0.6 is 0 Å². The Balaban J connectivity index is 1.56. The smallest absolute Gasteiger partial charge is 0.185 e. The van der Waals surface area contributed by atoms with Gasteiger partial charge in [0.25, 0.3) is 0 Å². The average Bonchev–Trinajstić information content (AvgIpc) is 2.72. The highest BCUT2D eigenvalue weighted by molar-refractivity contribution is 6.06. The summed E-state index contributed by atoms with van der Waals surface area (Å²) < 4.78 is 0. The molecule has 0 aliphatic rings. The molecule has 3 rings (SSSR count). The van der Waals surface area contributed by atoms with Crippen LogP contribution in [-0.4, -0.2) is 5.78 Å². The van der Waals surface area contributed by atoms with Gasteiger partial charge in [0.05, 0.1) is 0 Å². The summed E-state index contributed by atoms with van der Waals surface area (Å²) in [6, 6.07) is 26.3. The van der Waals surface area contributed by atoms with Crippen molar-refractivity contribution >= 4 is 17.4 Å². The first kappa shape index (κ1) is 18.6. The molecule has 0 unspecified atom stereocenters. The first-order chi connectivity index (χ1) is 13.1. The topological polar surface area (TPSA) is 17.1 Å². The lowest BCUT2D eigenvalue weighted by molar-refractivity contribution is 0.104. The zero-order valence-electron chi connectivity index (χ0n) is 15.7. The fourth-order valence-electron chi connectivity index (χ4n) is 2.91. The minimum Gasteiger partial charge on any atom is -0.289 e. The molecule has 134 valence electrons. The Labute approximate surface area is 161 Å². The third-order valence-corrected chi connectivity index (χ3v) is 4.61. The molecule has 1 heteroatoms. The number of allylic oxidation sites excluding steroid dienone is 2. The standard InChI is InChI=1S/C26H24O/c1-20(2)24-17-14-23(15-18-24)13-10-21-8-11-22(12-9-21)16-19-26(27)25-6-4-3-5-7-25/h3-9,11-12,14-19H,1,10,13H2,2H3. The summed E-state index contributed by atoms with van der Waals surface area (Å²) in [4.78, 5) is 12.1. The van der Waals surface area contributed by atoms with Crippen LogP contribution in [0.2, 0.25) is 0 Å². The van der Waals surface area contributed by atoms with Crippen LogP contribution in [0.4, 0.5) is 0 Å². The van der Waals surface area contributed by atoms with Crippen molar-refractivity contribution in [3.05, 3.63) is 119 Å². The lowest BCUT2D eigenvalue weighted by Crippen LogP contribution is -1.93. The van der Waals surface area contributed by atoms with Crippen LogP contribution < -0.4 is 0 Å². The molecule has 0 bridgehead atoms. The molecule has 0 amide bonds. The van der Waals surface area contributed by atoms with E-state index in [1.165, 1.54) is 16.7 Å². The summed E-state index contributed by atoms with van der Waals surface area (Å²) >= 11 is 0. The minimum absolute atomic E-state index is 0.0258. The molecular formula is C26H24O. The summed E-state index contributed by atoms with van der Waals surface area (Å²) in [5, 5.41) is 0. The molecule has 0 atom stereocenters. The number of rotatable bonds is 7. The highest BCUT2D eigenvalue weighted by atomic mass is 16.1. The Kier molecular flexibility index (Phi) is 6.17. The van der Waals surface area contributed by atoms with Crippen LogP contribution in [0.15, 0.2) is 91.5 Å². The second-order valence-electron chi connectivity index (χ2n) is 6.78. The van der Waals surface area contributed by atoms with Gasteiger partial charge in [-0.2, -0.15) is 0 Å². The van der Waals surface area contributed by atoms with Crippen molar-refractivity contribution in [1.29, 1.82) is 0 Å². The third-order valence-electron chi connectivity index (χ3n) is 4.61. The normalized spacial score (nSPS) is 10.9. The van der Waals surface area contributed by atoms with Gasteiger partial charge in [-0.1, -0.05) is 97.1 Å². The second kappa shape index (κ2) is 8.95. The summed E-state index contributed by atoms with van der Waals surface area (Å²) in [6.07, 6.45) is 5.51. The van der Waals surface area contributed by atoms with Crippen molar-refractivity contribution in [1.82, 2.24) is 0 Å². The quantitative estimate of drug-likeness (QED) is 0.355. The van der Waals surface area contributed by atoms with E-state index in [0.29, 0.717) is 5.56 Å². The second-order valence-corrected chi connectivity index (χ2v) is 6.78. The van der Waals surface area contributed by atoms with E-state index in [2.05, 4.69) is 55.1 Å². The fourth-order valence-corrected chi connectivity index (χ4v) is 2.91. The molecule has 0 N–H and O–H groups in total. The Morgan fingerprint density at radius 1 is 0.778 bits per heavy atom. The van der Waals surface area contributed by atoms with Crippen LogP contribution in [0, 0.1) is 0 Å². The Morgan fingerprint density at radius 3 is 1.89 bits per heavy atom. The van der Waals surface area contributed by atoms with Gasteiger partial charge in [-0.25, -0.2) is 0 Å². The Morgan fingerprint density at radius 2 is 1.33 bits per heavy atom. The molecule has 0 heterocycles. The predicted molar refractivity (Wildman–Crippen MR) is 115 cm³/mol. The van der Waals surface area contributed by atoms with Crippen LogP contribution in [0.1, 0.15) is 39.5 Å².